The van der Waals surface area contributed by atoms with Crippen LogP contribution in [0, 0.1) is 5.92 Å². The molecule has 1 aromatic rings. The van der Waals surface area contributed by atoms with Crippen molar-refractivity contribution in [1.29, 1.82) is 0 Å². The van der Waals surface area contributed by atoms with E-state index in [2.05, 4.69) is 11.9 Å². The first-order valence-electron chi connectivity index (χ1n) is 11.0. The largest absolute Gasteiger partial charge is 0.337 e. The summed E-state index contributed by atoms with van der Waals surface area (Å²) < 4.78 is 2.02. The minimum absolute atomic E-state index is 0.138. The number of carbonyl (C=O) groups is 1. The van der Waals surface area contributed by atoms with Crippen LogP contribution in [0.1, 0.15) is 73.1 Å². The summed E-state index contributed by atoms with van der Waals surface area (Å²) in [4.78, 5) is 15.0. The minimum atomic E-state index is 0.138. The van der Waals surface area contributed by atoms with Gasteiger partial charge < -0.3 is 10.2 Å². The highest BCUT2D eigenvalue weighted by atomic mass is 16.2. The topological polar surface area (TPSA) is 50.2 Å². The third kappa shape index (κ3) is 4.13. The van der Waals surface area contributed by atoms with Gasteiger partial charge in [0.15, 0.2) is 5.69 Å². The zero-order valence-corrected chi connectivity index (χ0v) is 16.6. The van der Waals surface area contributed by atoms with E-state index >= 15 is 0 Å². The van der Waals surface area contributed by atoms with Gasteiger partial charge in [-0.3, -0.25) is 9.48 Å². The Morgan fingerprint density at radius 3 is 2.67 bits per heavy atom. The highest BCUT2D eigenvalue weighted by Crippen LogP contribution is 2.28. The van der Waals surface area contributed by atoms with Gasteiger partial charge in [0.25, 0.3) is 5.91 Å². The summed E-state index contributed by atoms with van der Waals surface area (Å²) in [6.07, 6.45) is 14.1. The van der Waals surface area contributed by atoms with Crippen molar-refractivity contribution in [2.75, 3.05) is 19.6 Å². The Morgan fingerprint density at radius 1 is 1.15 bits per heavy atom. The number of allylic oxidation sites excluding steroid dienone is 1. The molecule has 2 heterocycles. The quantitative estimate of drug-likeness (QED) is 0.782. The number of rotatable bonds is 6. The number of likely N-dealkylation sites (tertiary alicyclic amines) is 1. The Hall–Kier alpha value is -1.62. The number of nitrogens with one attached hydrogen (secondary N) is 1. The first kappa shape index (κ1) is 18.7. The van der Waals surface area contributed by atoms with Crippen LogP contribution in [0.2, 0.25) is 0 Å². The first-order valence-corrected chi connectivity index (χ1v) is 11.0. The van der Waals surface area contributed by atoms with E-state index in [9.17, 15) is 4.79 Å². The lowest BCUT2D eigenvalue weighted by Crippen LogP contribution is -2.39. The molecule has 0 bridgehead atoms. The molecule has 3 aliphatic rings. The number of amides is 1. The van der Waals surface area contributed by atoms with E-state index in [1.807, 2.05) is 15.7 Å². The molecule has 1 saturated heterocycles. The summed E-state index contributed by atoms with van der Waals surface area (Å²) >= 11 is 0. The summed E-state index contributed by atoms with van der Waals surface area (Å²) in [6, 6.07) is 0.478. The highest BCUT2D eigenvalue weighted by Gasteiger charge is 2.31. The Kier molecular flexibility index (Phi) is 5.96. The normalized spacial score (nSPS) is 23.4. The van der Waals surface area contributed by atoms with Crippen molar-refractivity contribution in [3.05, 3.63) is 29.6 Å². The van der Waals surface area contributed by atoms with Crippen LogP contribution in [0.5, 0.6) is 0 Å². The van der Waals surface area contributed by atoms with Crippen LogP contribution in [0.4, 0.5) is 0 Å². The fourth-order valence-electron chi connectivity index (χ4n) is 5.10. The summed E-state index contributed by atoms with van der Waals surface area (Å²) in [5, 5.41) is 8.56. The van der Waals surface area contributed by atoms with Crippen molar-refractivity contribution < 1.29 is 4.79 Å². The predicted octanol–water partition coefficient (Wildman–Crippen LogP) is 3.33. The van der Waals surface area contributed by atoms with E-state index in [0.717, 1.165) is 57.7 Å². The van der Waals surface area contributed by atoms with Gasteiger partial charge in [0.2, 0.25) is 0 Å². The second-order valence-electron chi connectivity index (χ2n) is 8.60. The number of hydrogen-bond donors (Lipinski definition) is 1. The van der Waals surface area contributed by atoms with Gasteiger partial charge in [-0.25, -0.2) is 0 Å². The van der Waals surface area contributed by atoms with Crippen molar-refractivity contribution >= 4 is 5.91 Å². The fourth-order valence-corrected chi connectivity index (χ4v) is 5.10. The van der Waals surface area contributed by atoms with Crippen LogP contribution < -0.4 is 5.32 Å². The van der Waals surface area contributed by atoms with E-state index in [0.29, 0.717) is 18.3 Å². The minimum Gasteiger partial charge on any atom is -0.337 e. The second kappa shape index (κ2) is 8.59. The molecular weight excluding hydrogens is 336 g/mol. The summed E-state index contributed by atoms with van der Waals surface area (Å²) in [6.45, 7) is 7.45. The lowest BCUT2D eigenvalue weighted by Gasteiger charge is -2.28. The Labute approximate surface area is 163 Å². The molecule has 1 atom stereocenters. The van der Waals surface area contributed by atoms with Crippen LogP contribution in [-0.2, 0) is 19.4 Å². The molecule has 148 valence electrons. The highest BCUT2D eigenvalue weighted by molar-refractivity contribution is 5.94. The lowest BCUT2D eigenvalue weighted by atomic mass is 9.87. The zero-order valence-electron chi connectivity index (χ0n) is 16.6. The molecule has 0 unspecified atom stereocenters. The molecule has 1 aliphatic heterocycles. The third-order valence-corrected chi connectivity index (χ3v) is 6.66. The standard InChI is InChI=1S/C22H34N4O/c1-2-12-26-20-11-10-18(23-16-17-8-4-3-5-9-17)15-19(20)21(24-26)22(27)25-13-6-7-14-25/h2,17-18,23H,1,3-16H2/t18-/m1/s1. The predicted molar refractivity (Wildman–Crippen MR) is 108 cm³/mol. The first-order chi connectivity index (χ1) is 13.3. The van der Waals surface area contributed by atoms with E-state index in [-0.39, 0.29) is 5.91 Å². The Bertz CT molecular complexity index is 668. The smallest absolute Gasteiger partial charge is 0.274 e. The second-order valence-corrected chi connectivity index (χ2v) is 8.60. The molecule has 2 fully saturated rings. The maximum absolute atomic E-state index is 13.1. The van der Waals surface area contributed by atoms with Gasteiger partial charge in [-0.05, 0) is 57.4 Å². The molecule has 4 rings (SSSR count). The molecule has 0 aromatic carbocycles. The van der Waals surface area contributed by atoms with Gasteiger partial charge in [0.05, 0.1) is 6.54 Å². The number of hydrogen-bond acceptors (Lipinski definition) is 3. The molecule has 1 aromatic heterocycles. The molecule has 5 heteroatoms. The Morgan fingerprint density at radius 2 is 1.93 bits per heavy atom. The van der Waals surface area contributed by atoms with Crippen LogP contribution in [0.3, 0.4) is 0 Å². The van der Waals surface area contributed by atoms with Crippen molar-refractivity contribution in [1.82, 2.24) is 20.0 Å². The molecule has 2 aliphatic carbocycles. The molecular formula is C22H34N4O. The van der Waals surface area contributed by atoms with E-state index in [1.54, 1.807) is 0 Å². The summed E-state index contributed by atoms with van der Waals surface area (Å²) in [7, 11) is 0. The molecule has 1 amide bonds. The van der Waals surface area contributed by atoms with Crippen LogP contribution >= 0.6 is 0 Å². The van der Waals surface area contributed by atoms with Gasteiger partial charge in [-0.15, -0.1) is 6.58 Å². The number of carbonyl (C=O) groups excluding carboxylic acids is 1. The molecule has 0 radical (unpaired) electrons. The van der Waals surface area contributed by atoms with Crippen LogP contribution in [0.15, 0.2) is 12.7 Å². The average Bonchev–Trinajstić information content (AvgIpc) is 3.36. The van der Waals surface area contributed by atoms with Gasteiger partial charge >= 0.3 is 0 Å². The maximum Gasteiger partial charge on any atom is 0.274 e. The van der Waals surface area contributed by atoms with Crippen molar-refractivity contribution in [3.63, 3.8) is 0 Å². The summed E-state index contributed by atoms with van der Waals surface area (Å²) in [5.74, 6) is 0.980. The molecule has 1 saturated carbocycles. The summed E-state index contributed by atoms with van der Waals surface area (Å²) in [5.41, 5.74) is 3.16. The zero-order chi connectivity index (χ0) is 18.6. The van der Waals surface area contributed by atoms with E-state index < -0.39 is 0 Å². The number of fused-ring (bicyclic) bond motifs is 1. The van der Waals surface area contributed by atoms with Crippen LogP contribution in [0.25, 0.3) is 0 Å². The SMILES string of the molecule is C=CCn1nc(C(=O)N2CCCC2)c2c1CC[C@@H](NCC1CCCCC1)C2. The monoisotopic (exact) mass is 370 g/mol. The molecule has 0 spiro atoms. The Balaban J connectivity index is 1.47. The maximum atomic E-state index is 13.1. The lowest BCUT2D eigenvalue weighted by molar-refractivity contribution is 0.0785. The van der Waals surface area contributed by atoms with E-state index in [1.165, 1.54) is 43.4 Å². The molecule has 27 heavy (non-hydrogen) atoms. The van der Waals surface area contributed by atoms with Crippen molar-refractivity contribution in [2.45, 2.75) is 76.8 Å². The van der Waals surface area contributed by atoms with Gasteiger partial charge in [-0.2, -0.15) is 5.10 Å². The van der Waals surface area contributed by atoms with Crippen LogP contribution in [-0.4, -0.2) is 46.3 Å². The van der Waals surface area contributed by atoms with Crippen molar-refractivity contribution in [3.8, 4) is 0 Å². The third-order valence-electron chi connectivity index (χ3n) is 6.66. The van der Waals surface area contributed by atoms with Crippen molar-refractivity contribution in [2.24, 2.45) is 5.92 Å². The average molecular weight is 371 g/mol. The van der Waals surface area contributed by atoms with E-state index in [4.69, 9.17) is 5.10 Å². The number of aromatic nitrogens is 2. The van der Waals surface area contributed by atoms with Gasteiger partial charge in [-0.1, -0.05) is 25.3 Å². The number of nitrogens with zero attached hydrogens (tertiary/aromatic N) is 3. The fraction of sp³-hybridized carbons (Fsp3) is 0.727. The van der Waals surface area contributed by atoms with Gasteiger partial charge in [0.1, 0.15) is 0 Å². The molecule has 1 N–H and O–H groups in total. The van der Waals surface area contributed by atoms with Gasteiger partial charge in [0, 0.05) is 30.4 Å². The molecule has 5 nitrogen and oxygen atoms in total.